The summed E-state index contributed by atoms with van der Waals surface area (Å²) in [6, 6.07) is 8.15. The number of H-pyrrole nitrogens is 1. The summed E-state index contributed by atoms with van der Waals surface area (Å²) in [4.78, 5) is 19.2. The first-order chi connectivity index (χ1) is 12.2. The number of aromatic nitrogens is 4. The van der Waals surface area contributed by atoms with Crippen LogP contribution in [0.4, 0.5) is 0 Å². The van der Waals surface area contributed by atoms with Crippen LogP contribution in [0.1, 0.15) is 30.8 Å². The second-order valence-corrected chi connectivity index (χ2v) is 6.46. The topological polar surface area (TPSA) is 88.7 Å². The molecule has 1 aliphatic heterocycles. The number of hydrogen-bond acceptors (Lipinski definition) is 5. The lowest BCUT2D eigenvalue weighted by atomic mass is 10.1. The minimum absolute atomic E-state index is 0.160. The average Bonchev–Trinajstić information content (AvgIpc) is 3.35. The normalized spacial score (nSPS) is 17.2. The molecule has 7 heteroatoms. The van der Waals surface area contributed by atoms with Crippen LogP contribution >= 0.6 is 0 Å². The van der Waals surface area contributed by atoms with Gasteiger partial charge in [0.1, 0.15) is 0 Å². The minimum atomic E-state index is -0.160. The number of aromatic amines is 1. The third-order valence-electron chi connectivity index (χ3n) is 4.66. The summed E-state index contributed by atoms with van der Waals surface area (Å²) >= 11 is 0. The fraction of sp³-hybridized carbons (Fsp3) is 0.389. The molecule has 130 valence electrons. The molecule has 0 radical (unpaired) electrons. The molecule has 0 bridgehead atoms. The number of rotatable bonds is 5. The molecule has 3 heterocycles. The van der Waals surface area contributed by atoms with E-state index in [2.05, 4.69) is 20.4 Å². The molecule has 25 heavy (non-hydrogen) atoms. The largest absolute Gasteiger partial charge is 0.339 e. The van der Waals surface area contributed by atoms with Crippen LogP contribution in [0.3, 0.4) is 0 Å². The standard InChI is InChI=1S/C18H21N5O2/c1-12-11-20-18(24)23(12)15-6-2-4-13(10-15)17-21-16(25-22-17)8-7-14-5-3-9-19-14/h2,4,6,10-11,14,19H,3,5,7-9H2,1H3,(H,20,24)/t14-/m1/s1. The van der Waals surface area contributed by atoms with E-state index in [0.717, 1.165) is 36.3 Å². The molecule has 3 aromatic rings. The van der Waals surface area contributed by atoms with Crippen LogP contribution < -0.4 is 11.0 Å². The van der Waals surface area contributed by atoms with Gasteiger partial charge in [-0.3, -0.25) is 4.57 Å². The van der Waals surface area contributed by atoms with Crippen molar-refractivity contribution in [3.8, 4) is 17.1 Å². The number of hydrogen-bond donors (Lipinski definition) is 2. The van der Waals surface area contributed by atoms with E-state index in [1.54, 1.807) is 10.8 Å². The quantitative estimate of drug-likeness (QED) is 0.744. The van der Waals surface area contributed by atoms with Crippen molar-refractivity contribution in [2.45, 2.75) is 38.6 Å². The van der Waals surface area contributed by atoms with Crippen LogP contribution in [0, 0.1) is 6.92 Å². The van der Waals surface area contributed by atoms with E-state index in [-0.39, 0.29) is 5.69 Å². The van der Waals surface area contributed by atoms with Crippen molar-refractivity contribution in [1.82, 2.24) is 25.0 Å². The molecule has 4 rings (SSSR count). The molecule has 1 fully saturated rings. The van der Waals surface area contributed by atoms with Crippen LogP contribution in [0.2, 0.25) is 0 Å². The lowest BCUT2D eigenvalue weighted by Crippen LogP contribution is -2.21. The molecule has 1 saturated heterocycles. The molecule has 1 aromatic carbocycles. The van der Waals surface area contributed by atoms with E-state index in [0.29, 0.717) is 17.8 Å². The number of benzene rings is 1. The van der Waals surface area contributed by atoms with E-state index in [4.69, 9.17) is 4.52 Å². The first kappa shape index (κ1) is 15.8. The molecule has 2 aromatic heterocycles. The zero-order valence-electron chi connectivity index (χ0n) is 14.2. The van der Waals surface area contributed by atoms with Crippen molar-refractivity contribution >= 4 is 0 Å². The number of aryl methyl sites for hydroxylation is 2. The predicted octanol–water partition coefficient (Wildman–Crippen LogP) is 2.21. The Kier molecular flexibility index (Phi) is 4.23. The maximum Gasteiger partial charge on any atom is 0.330 e. The highest BCUT2D eigenvalue weighted by Gasteiger charge is 2.16. The summed E-state index contributed by atoms with van der Waals surface area (Å²) in [6.07, 6.45) is 5.94. The van der Waals surface area contributed by atoms with Gasteiger partial charge in [-0.1, -0.05) is 17.3 Å². The molecular formula is C18H21N5O2. The van der Waals surface area contributed by atoms with Crippen LogP contribution in [0.5, 0.6) is 0 Å². The number of nitrogens with one attached hydrogen (secondary N) is 2. The molecule has 0 unspecified atom stereocenters. The van der Waals surface area contributed by atoms with Gasteiger partial charge in [0, 0.05) is 29.9 Å². The number of nitrogens with zero attached hydrogens (tertiary/aromatic N) is 3. The van der Waals surface area contributed by atoms with Crippen LogP contribution in [-0.2, 0) is 6.42 Å². The van der Waals surface area contributed by atoms with Gasteiger partial charge in [0.2, 0.25) is 11.7 Å². The molecule has 1 atom stereocenters. The van der Waals surface area contributed by atoms with Crippen molar-refractivity contribution < 1.29 is 4.52 Å². The lowest BCUT2D eigenvalue weighted by Gasteiger charge is -2.06. The third-order valence-corrected chi connectivity index (χ3v) is 4.66. The molecule has 0 amide bonds. The SMILES string of the molecule is Cc1c[nH]c(=O)n1-c1cccc(-c2noc(CC[C@H]3CCCN3)n2)c1. The molecule has 2 N–H and O–H groups in total. The Labute approximate surface area is 145 Å². The lowest BCUT2D eigenvalue weighted by molar-refractivity contribution is 0.369. The van der Waals surface area contributed by atoms with Crippen molar-refractivity contribution in [2.75, 3.05) is 6.54 Å². The van der Waals surface area contributed by atoms with Gasteiger partial charge in [-0.15, -0.1) is 0 Å². The van der Waals surface area contributed by atoms with Gasteiger partial charge >= 0.3 is 5.69 Å². The predicted molar refractivity (Wildman–Crippen MR) is 93.8 cm³/mol. The molecule has 0 saturated carbocycles. The van der Waals surface area contributed by atoms with Gasteiger partial charge in [-0.05, 0) is 44.9 Å². The van der Waals surface area contributed by atoms with E-state index in [1.165, 1.54) is 12.8 Å². The Hall–Kier alpha value is -2.67. The second-order valence-electron chi connectivity index (χ2n) is 6.46. The van der Waals surface area contributed by atoms with Crippen LogP contribution in [0.15, 0.2) is 39.8 Å². The first-order valence-electron chi connectivity index (χ1n) is 8.64. The van der Waals surface area contributed by atoms with Gasteiger partial charge in [-0.25, -0.2) is 4.79 Å². The van der Waals surface area contributed by atoms with Gasteiger partial charge in [0.25, 0.3) is 0 Å². The molecular weight excluding hydrogens is 318 g/mol. The number of imidazole rings is 1. The summed E-state index contributed by atoms with van der Waals surface area (Å²) in [5, 5.41) is 7.57. The third kappa shape index (κ3) is 3.28. The molecule has 7 nitrogen and oxygen atoms in total. The van der Waals surface area contributed by atoms with Gasteiger partial charge in [-0.2, -0.15) is 4.98 Å². The van der Waals surface area contributed by atoms with Gasteiger partial charge < -0.3 is 14.8 Å². The summed E-state index contributed by atoms with van der Waals surface area (Å²) in [7, 11) is 0. The Bertz CT molecular complexity index is 917. The molecule has 1 aliphatic rings. The van der Waals surface area contributed by atoms with Crippen LogP contribution in [-0.4, -0.2) is 32.3 Å². The van der Waals surface area contributed by atoms with Crippen molar-refractivity contribution in [3.63, 3.8) is 0 Å². The Balaban J connectivity index is 1.54. The summed E-state index contributed by atoms with van der Waals surface area (Å²) < 4.78 is 7.01. The van der Waals surface area contributed by atoms with E-state index in [9.17, 15) is 4.79 Å². The molecule has 0 spiro atoms. The highest BCUT2D eigenvalue weighted by Crippen LogP contribution is 2.20. The Morgan fingerprint density at radius 3 is 3.08 bits per heavy atom. The monoisotopic (exact) mass is 339 g/mol. The molecule has 0 aliphatic carbocycles. The fourth-order valence-corrected chi connectivity index (χ4v) is 3.33. The average molecular weight is 339 g/mol. The highest BCUT2D eigenvalue weighted by molar-refractivity contribution is 5.58. The Morgan fingerprint density at radius 2 is 2.32 bits per heavy atom. The van der Waals surface area contributed by atoms with Crippen molar-refractivity contribution in [3.05, 3.63) is 52.5 Å². The van der Waals surface area contributed by atoms with Crippen molar-refractivity contribution in [1.29, 1.82) is 0 Å². The van der Waals surface area contributed by atoms with Gasteiger partial charge in [0.15, 0.2) is 0 Å². The highest BCUT2D eigenvalue weighted by atomic mass is 16.5. The van der Waals surface area contributed by atoms with Crippen molar-refractivity contribution in [2.24, 2.45) is 0 Å². The van der Waals surface area contributed by atoms with E-state index < -0.39 is 0 Å². The summed E-state index contributed by atoms with van der Waals surface area (Å²) in [5.74, 6) is 1.21. The zero-order chi connectivity index (χ0) is 17.2. The van der Waals surface area contributed by atoms with Gasteiger partial charge in [0.05, 0.1) is 5.69 Å². The van der Waals surface area contributed by atoms with E-state index in [1.807, 2.05) is 31.2 Å². The summed E-state index contributed by atoms with van der Waals surface area (Å²) in [6.45, 7) is 2.98. The summed E-state index contributed by atoms with van der Waals surface area (Å²) in [5.41, 5.74) is 2.30. The maximum absolute atomic E-state index is 12.0. The maximum atomic E-state index is 12.0. The minimum Gasteiger partial charge on any atom is -0.339 e. The Morgan fingerprint density at radius 1 is 1.40 bits per heavy atom. The second kappa shape index (κ2) is 6.68. The smallest absolute Gasteiger partial charge is 0.330 e. The fourth-order valence-electron chi connectivity index (χ4n) is 3.33. The zero-order valence-corrected chi connectivity index (χ0v) is 14.2. The first-order valence-corrected chi connectivity index (χ1v) is 8.64. The van der Waals surface area contributed by atoms with E-state index >= 15 is 0 Å². The van der Waals surface area contributed by atoms with Crippen LogP contribution in [0.25, 0.3) is 17.1 Å².